The maximum atomic E-state index is 11.7. The Morgan fingerprint density at radius 3 is 2.09 bits per heavy atom. The van der Waals surface area contributed by atoms with E-state index in [1.54, 1.807) is 12.3 Å². The average Bonchev–Trinajstić information content (AvgIpc) is 2.63. The number of carbonyl (C=O) groups is 2. The smallest absolute Gasteiger partial charge is 0.748 e. The van der Waals surface area contributed by atoms with Crippen molar-refractivity contribution in [3.8, 4) is 0 Å². The van der Waals surface area contributed by atoms with Crippen LogP contribution in [0.3, 0.4) is 0 Å². The van der Waals surface area contributed by atoms with E-state index < -0.39 is 33.4 Å². The van der Waals surface area contributed by atoms with Crippen LogP contribution >= 0.6 is 0 Å². The summed E-state index contributed by atoms with van der Waals surface area (Å²) in [4.78, 5) is 27.2. The van der Waals surface area contributed by atoms with Crippen LogP contribution in [0.25, 0.3) is 0 Å². The van der Waals surface area contributed by atoms with Crippen molar-refractivity contribution in [2.24, 2.45) is 11.3 Å². The van der Waals surface area contributed by atoms with Gasteiger partial charge in [-0.25, -0.2) is 8.42 Å². The van der Waals surface area contributed by atoms with Crippen molar-refractivity contribution in [2.45, 2.75) is 65.2 Å². The molecule has 12 heteroatoms. The monoisotopic (exact) mass is 543 g/mol. The Hall–Kier alpha value is 2.91. The Kier molecular flexibility index (Phi) is 23.5. The molecule has 1 aromatic heterocycles. The van der Waals surface area contributed by atoms with Crippen molar-refractivity contribution in [3.05, 3.63) is 29.6 Å². The largest absolute Gasteiger partial charge is 1.00 e. The summed E-state index contributed by atoms with van der Waals surface area (Å²) in [6.07, 6.45) is 3.79. The summed E-state index contributed by atoms with van der Waals surface area (Å²) >= 11 is 0. The first kappa shape index (κ1) is 39.4. The predicted octanol–water partition coefficient (Wildman–Crippen LogP) is -8.62. The molecule has 0 saturated carbocycles. The first-order valence-electron chi connectivity index (χ1n) is 9.68. The molecule has 0 aromatic carbocycles. The number of carbonyl (C=O) groups excluding carboxylic acids is 2. The molecule has 0 aliphatic carbocycles. The Morgan fingerprint density at radius 2 is 1.69 bits per heavy atom. The minimum absolute atomic E-state index is 0. The van der Waals surface area contributed by atoms with E-state index in [1.165, 1.54) is 13.8 Å². The number of hydrogen-bond donors (Lipinski definition) is 0. The van der Waals surface area contributed by atoms with Crippen LogP contribution < -0.4 is 164 Å². The number of hydrogen-bond acceptors (Lipinski definition) is 8. The zero-order valence-corrected chi connectivity index (χ0v) is 30.2. The van der Waals surface area contributed by atoms with Gasteiger partial charge in [0.05, 0.1) is 10.1 Å². The quantitative estimate of drug-likeness (QED) is 0.135. The second-order valence-electron chi connectivity index (χ2n) is 7.89. The first-order valence-corrected chi connectivity index (χ1v) is 11.3. The average molecular weight is 544 g/mol. The number of unbranched alkanes of at least 4 members (excludes halogenated alkanes) is 1. The van der Waals surface area contributed by atoms with Gasteiger partial charge in [-0.05, 0) is 56.1 Å². The molecule has 0 radical (unpaired) electrons. The molecule has 0 saturated heterocycles. The Morgan fingerprint density at radius 1 is 1.09 bits per heavy atom. The number of pyridine rings is 1. The van der Waals surface area contributed by atoms with Crippen molar-refractivity contribution in [2.75, 3.05) is 5.75 Å². The fraction of sp³-hybridized carbons (Fsp3) is 0.650. The van der Waals surface area contributed by atoms with E-state index in [4.69, 9.17) is 0 Å². The molecule has 3 unspecified atom stereocenters. The van der Waals surface area contributed by atoms with Crippen LogP contribution in [0.1, 0.15) is 70.1 Å². The first-order chi connectivity index (χ1) is 13.4. The summed E-state index contributed by atoms with van der Waals surface area (Å²) in [6, 6.07) is 3.64. The molecule has 1 rings (SSSR count). The van der Waals surface area contributed by atoms with Gasteiger partial charge in [-0.3, -0.25) is 4.98 Å². The summed E-state index contributed by atoms with van der Waals surface area (Å²) in [5.41, 5.74) is 0.261. The third kappa shape index (κ3) is 15.2. The van der Waals surface area contributed by atoms with E-state index in [-0.39, 0.29) is 185 Å². The zero-order valence-electron chi connectivity index (χ0n) is 20.0. The molecular weight excluding hydrogens is 516 g/mol. The number of aliphatic carboxylic acids is 2. The zero-order chi connectivity index (χ0) is 22.2. The van der Waals surface area contributed by atoms with Gasteiger partial charge in [-0.1, -0.05) is 26.8 Å². The Bertz CT molecular complexity index is 806. The van der Waals surface area contributed by atoms with E-state index in [9.17, 15) is 32.8 Å². The van der Waals surface area contributed by atoms with Crippen molar-refractivity contribution < 1.29 is 187 Å². The van der Waals surface area contributed by atoms with E-state index in [1.807, 2.05) is 13.0 Å². The second kappa shape index (κ2) is 19.0. The molecule has 0 fully saturated rings. The molecule has 0 bridgehead atoms. The molecule has 1 heterocycles. The molecule has 32 heavy (non-hydrogen) atoms. The molecular formula is C20H28K3NO7S. The summed E-state index contributed by atoms with van der Waals surface area (Å²) in [7, 11) is -4.20. The number of nitrogens with zero attached hydrogens (tertiary/aromatic N) is 1. The molecule has 164 valence electrons. The van der Waals surface area contributed by atoms with Crippen molar-refractivity contribution in [1.29, 1.82) is 0 Å². The Labute approximate surface area is 318 Å². The molecule has 0 amide bonds. The minimum Gasteiger partial charge on any atom is -0.748 e. The van der Waals surface area contributed by atoms with Gasteiger partial charge in [-0.2, -0.15) is 0 Å². The summed E-state index contributed by atoms with van der Waals surface area (Å²) < 4.78 is 31.8. The van der Waals surface area contributed by atoms with E-state index in [0.717, 1.165) is 5.56 Å². The maximum absolute atomic E-state index is 11.7. The maximum Gasteiger partial charge on any atom is 1.00 e. The molecule has 1 aromatic rings. The molecule has 0 spiro atoms. The van der Waals surface area contributed by atoms with Crippen molar-refractivity contribution >= 4 is 22.1 Å². The van der Waals surface area contributed by atoms with Gasteiger partial charge < -0.3 is 24.4 Å². The fourth-order valence-corrected chi connectivity index (χ4v) is 4.00. The number of aryl methyl sites for hydroxylation is 1. The van der Waals surface area contributed by atoms with Crippen molar-refractivity contribution in [3.63, 3.8) is 0 Å². The topological polar surface area (TPSA) is 150 Å². The molecule has 0 N–H and O–H groups in total. The fourth-order valence-electron chi connectivity index (χ4n) is 3.44. The summed E-state index contributed by atoms with van der Waals surface area (Å²) in [5, 5.41) is 22.8. The molecule has 8 nitrogen and oxygen atoms in total. The Balaban J connectivity index is -0.00000280. The van der Waals surface area contributed by atoms with Crippen LogP contribution in [-0.2, 0) is 26.1 Å². The van der Waals surface area contributed by atoms with Crippen LogP contribution in [-0.4, -0.2) is 35.6 Å². The standard InChI is InChI=1S/C20H31NO7S.3K/c1-4-16(12-20(3,19(24)25)11-14(2)18(22)23)17-9-8-15(13-21-17)7-5-6-10-29(26,27)28;;;/h8-9,13-14,16H,4-7,10-12H2,1-3H3,(H,22,23)(H,24,25)(H,26,27,28);;;/q;3*+1/p-3. The number of carboxylic acid groups (broad SMARTS) is 2. The van der Waals surface area contributed by atoms with E-state index in [2.05, 4.69) is 4.98 Å². The molecule has 0 aliphatic rings. The summed E-state index contributed by atoms with van der Waals surface area (Å²) in [5.74, 6) is -4.08. The van der Waals surface area contributed by atoms with Crippen molar-refractivity contribution in [1.82, 2.24) is 4.98 Å². The van der Waals surface area contributed by atoms with Gasteiger partial charge in [0.25, 0.3) is 0 Å². The predicted molar refractivity (Wildman–Crippen MR) is 101 cm³/mol. The summed E-state index contributed by atoms with van der Waals surface area (Å²) in [6.45, 7) is 4.81. The van der Waals surface area contributed by atoms with Gasteiger partial charge in [0.15, 0.2) is 0 Å². The minimum atomic E-state index is -4.20. The normalized spacial score (nSPS) is 14.5. The molecule has 0 aliphatic heterocycles. The van der Waals surface area contributed by atoms with Gasteiger partial charge in [0.1, 0.15) is 0 Å². The number of rotatable bonds is 13. The van der Waals surface area contributed by atoms with Gasteiger partial charge in [0.2, 0.25) is 0 Å². The van der Waals surface area contributed by atoms with Crippen LogP contribution in [0.5, 0.6) is 0 Å². The third-order valence-electron chi connectivity index (χ3n) is 5.22. The van der Waals surface area contributed by atoms with Gasteiger partial charge in [-0.15, -0.1) is 0 Å². The number of carboxylic acids is 2. The van der Waals surface area contributed by atoms with Crippen LogP contribution in [0.2, 0.25) is 0 Å². The van der Waals surface area contributed by atoms with Crippen LogP contribution in [0.4, 0.5) is 0 Å². The van der Waals surface area contributed by atoms with Crippen LogP contribution in [0, 0.1) is 11.3 Å². The van der Waals surface area contributed by atoms with Gasteiger partial charge in [0, 0.05) is 40.9 Å². The second-order valence-corrected chi connectivity index (χ2v) is 9.42. The SMILES string of the molecule is CCC(CC(C)(CC(C)C(=O)[O-])C(=O)[O-])c1ccc(CCCCS(=O)(=O)[O-])cn1.[K+].[K+].[K+]. The van der Waals surface area contributed by atoms with E-state index in [0.29, 0.717) is 25.0 Å². The third-order valence-corrected chi connectivity index (χ3v) is 6.01. The molecule has 3 atom stereocenters. The number of aromatic nitrogens is 1. The van der Waals surface area contributed by atoms with Crippen LogP contribution in [0.15, 0.2) is 18.3 Å². The van der Waals surface area contributed by atoms with E-state index >= 15 is 0 Å². The van der Waals surface area contributed by atoms with Gasteiger partial charge >= 0.3 is 154 Å².